The molecule has 164 valence electrons. The third-order valence-corrected chi connectivity index (χ3v) is 8.25. The van der Waals surface area contributed by atoms with E-state index in [4.69, 9.17) is 14.5 Å². The lowest BCUT2D eigenvalue weighted by molar-refractivity contribution is 0.370. The van der Waals surface area contributed by atoms with E-state index in [2.05, 4.69) is 29.3 Å². The first-order valence-electron chi connectivity index (χ1n) is 9.92. The molecule has 0 amide bonds. The van der Waals surface area contributed by atoms with Gasteiger partial charge in [0.15, 0.2) is 5.13 Å². The van der Waals surface area contributed by atoms with Crippen molar-refractivity contribution in [1.82, 2.24) is 9.29 Å². The monoisotopic (exact) mass is 459 g/mol. The Bertz CT molecular complexity index is 1170. The van der Waals surface area contributed by atoms with Gasteiger partial charge < -0.3 is 14.4 Å². The van der Waals surface area contributed by atoms with E-state index in [1.165, 1.54) is 30.2 Å². The van der Waals surface area contributed by atoms with Crippen LogP contribution in [0.25, 0.3) is 11.3 Å². The van der Waals surface area contributed by atoms with E-state index in [0.717, 1.165) is 16.4 Å². The molecule has 0 spiro atoms. The Morgan fingerprint density at radius 2 is 1.74 bits per heavy atom. The smallest absolute Gasteiger partial charge is 0.246 e. The molecule has 9 heteroatoms. The van der Waals surface area contributed by atoms with Crippen molar-refractivity contribution >= 4 is 26.5 Å². The topological polar surface area (TPSA) is 72.0 Å². The third kappa shape index (κ3) is 4.26. The quantitative estimate of drug-likeness (QED) is 0.560. The number of aryl methyl sites for hydroxylation is 1. The van der Waals surface area contributed by atoms with Crippen molar-refractivity contribution in [3.63, 3.8) is 0 Å². The zero-order chi connectivity index (χ0) is 22.0. The van der Waals surface area contributed by atoms with Crippen LogP contribution in [0.1, 0.15) is 5.56 Å². The molecule has 7 nitrogen and oxygen atoms in total. The van der Waals surface area contributed by atoms with Gasteiger partial charge in [0.25, 0.3) is 0 Å². The fraction of sp³-hybridized carbons (Fsp3) is 0.318. The Morgan fingerprint density at radius 1 is 1.00 bits per heavy atom. The first kappa shape index (κ1) is 21.6. The molecule has 31 heavy (non-hydrogen) atoms. The minimum atomic E-state index is -3.67. The minimum Gasteiger partial charge on any atom is -0.497 e. The summed E-state index contributed by atoms with van der Waals surface area (Å²) < 4.78 is 38.4. The van der Waals surface area contributed by atoms with E-state index in [9.17, 15) is 8.42 Å². The molecule has 0 atom stereocenters. The number of methoxy groups -OCH3 is 2. The number of benzene rings is 2. The zero-order valence-electron chi connectivity index (χ0n) is 17.7. The number of sulfonamides is 1. The van der Waals surface area contributed by atoms with Crippen LogP contribution in [0, 0.1) is 6.92 Å². The van der Waals surface area contributed by atoms with Crippen LogP contribution in [-0.2, 0) is 10.0 Å². The molecule has 1 aliphatic heterocycles. The van der Waals surface area contributed by atoms with Gasteiger partial charge in [0.1, 0.15) is 16.4 Å². The fourth-order valence-electron chi connectivity index (χ4n) is 3.64. The molecular formula is C22H25N3O4S2. The summed E-state index contributed by atoms with van der Waals surface area (Å²) in [7, 11) is -0.678. The molecular weight excluding hydrogens is 434 g/mol. The normalized spacial score (nSPS) is 15.1. The van der Waals surface area contributed by atoms with E-state index in [-0.39, 0.29) is 10.6 Å². The lowest BCUT2D eigenvalue weighted by Gasteiger charge is -2.34. The third-order valence-electron chi connectivity index (χ3n) is 5.41. The van der Waals surface area contributed by atoms with E-state index >= 15 is 0 Å². The predicted molar refractivity (Wildman–Crippen MR) is 123 cm³/mol. The first-order chi connectivity index (χ1) is 14.9. The van der Waals surface area contributed by atoms with Gasteiger partial charge in [-0.3, -0.25) is 0 Å². The van der Waals surface area contributed by atoms with Crippen LogP contribution < -0.4 is 14.4 Å². The largest absolute Gasteiger partial charge is 0.497 e. The molecule has 2 heterocycles. The summed E-state index contributed by atoms with van der Waals surface area (Å²) in [6, 6.07) is 12.9. The second-order valence-electron chi connectivity index (χ2n) is 7.24. The standard InChI is InChI=1S/C22H25N3O4S2/c1-16-6-4-5-7-18(16)19-15-30-22(23-19)24-10-12-25(13-11-24)31(26,27)21-9-8-17(28-2)14-20(21)29-3/h4-9,14-15H,10-13H2,1-3H3. The number of hydrogen-bond donors (Lipinski definition) is 0. The van der Waals surface area contributed by atoms with Crippen LogP contribution in [0.15, 0.2) is 52.7 Å². The van der Waals surface area contributed by atoms with Gasteiger partial charge in [0.05, 0.1) is 19.9 Å². The van der Waals surface area contributed by atoms with Crippen LogP contribution in [0.3, 0.4) is 0 Å². The van der Waals surface area contributed by atoms with Crippen molar-refractivity contribution in [2.75, 3.05) is 45.3 Å². The maximum Gasteiger partial charge on any atom is 0.246 e. The molecule has 0 saturated carbocycles. The number of hydrogen-bond acceptors (Lipinski definition) is 7. The van der Waals surface area contributed by atoms with Crippen molar-refractivity contribution < 1.29 is 17.9 Å². The zero-order valence-corrected chi connectivity index (χ0v) is 19.4. The highest BCUT2D eigenvalue weighted by atomic mass is 32.2. The molecule has 4 rings (SSSR count). The number of aromatic nitrogens is 1. The number of thiazole rings is 1. The highest BCUT2D eigenvalue weighted by Gasteiger charge is 2.31. The second-order valence-corrected chi connectivity index (χ2v) is 9.98. The Labute approximate surface area is 186 Å². The maximum atomic E-state index is 13.2. The Kier molecular flexibility index (Phi) is 6.17. The molecule has 1 aromatic heterocycles. The van der Waals surface area contributed by atoms with Gasteiger partial charge >= 0.3 is 0 Å². The Hall–Kier alpha value is -2.62. The van der Waals surface area contributed by atoms with E-state index in [1.807, 2.05) is 12.1 Å². The van der Waals surface area contributed by atoms with Crippen LogP contribution >= 0.6 is 11.3 Å². The lowest BCUT2D eigenvalue weighted by atomic mass is 10.1. The number of piperazine rings is 1. The maximum absolute atomic E-state index is 13.2. The predicted octanol–water partition coefficient (Wildman–Crippen LogP) is 3.65. The van der Waals surface area contributed by atoms with Crippen molar-refractivity contribution in [3.8, 4) is 22.8 Å². The Morgan fingerprint density at radius 3 is 2.42 bits per heavy atom. The number of nitrogens with zero attached hydrogens (tertiary/aromatic N) is 3. The van der Waals surface area contributed by atoms with Crippen LogP contribution in [0.2, 0.25) is 0 Å². The average molecular weight is 460 g/mol. The van der Waals surface area contributed by atoms with Gasteiger partial charge in [-0.25, -0.2) is 13.4 Å². The van der Waals surface area contributed by atoms with Gasteiger partial charge in [-0.05, 0) is 24.6 Å². The lowest BCUT2D eigenvalue weighted by Crippen LogP contribution is -2.48. The molecule has 1 saturated heterocycles. The SMILES string of the molecule is COc1ccc(S(=O)(=O)N2CCN(c3nc(-c4ccccc4C)cs3)CC2)c(OC)c1. The van der Waals surface area contributed by atoms with Gasteiger partial charge in [-0.1, -0.05) is 24.3 Å². The summed E-state index contributed by atoms with van der Waals surface area (Å²) in [6.45, 7) is 4.01. The molecule has 0 bridgehead atoms. The van der Waals surface area contributed by atoms with Crippen molar-refractivity contribution in [3.05, 3.63) is 53.4 Å². The molecule has 2 aromatic carbocycles. The highest BCUT2D eigenvalue weighted by Crippen LogP contribution is 2.33. The molecule has 1 aliphatic rings. The molecule has 1 fully saturated rings. The van der Waals surface area contributed by atoms with Crippen LogP contribution in [0.5, 0.6) is 11.5 Å². The molecule has 3 aromatic rings. The molecule has 0 radical (unpaired) electrons. The summed E-state index contributed by atoms with van der Waals surface area (Å²) >= 11 is 1.59. The van der Waals surface area contributed by atoms with E-state index in [1.54, 1.807) is 23.5 Å². The van der Waals surface area contributed by atoms with Crippen LogP contribution in [-0.4, -0.2) is 58.1 Å². The minimum absolute atomic E-state index is 0.153. The molecule has 0 unspecified atom stereocenters. The van der Waals surface area contributed by atoms with Crippen molar-refractivity contribution in [1.29, 1.82) is 0 Å². The average Bonchev–Trinajstić information content (AvgIpc) is 3.29. The van der Waals surface area contributed by atoms with Crippen molar-refractivity contribution in [2.45, 2.75) is 11.8 Å². The number of rotatable bonds is 6. The van der Waals surface area contributed by atoms with Gasteiger partial charge in [-0.15, -0.1) is 11.3 Å². The number of ether oxygens (including phenoxy) is 2. The summed E-state index contributed by atoms with van der Waals surface area (Å²) in [5.41, 5.74) is 3.26. The summed E-state index contributed by atoms with van der Waals surface area (Å²) in [5, 5.41) is 2.97. The van der Waals surface area contributed by atoms with Crippen LogP contribution in [0.4, 0.5) is 5.13 Å². The van der Waals surface area contributed by atoms with Gasteiger partial charge in [-0.2, -0.15) is 4.31 Å². The van der Waals surface area contributed by atoms with E-state index in [0.29, 0.717) is 31.9 Å². The highest BCUT2D eigenvalue weighted by molar-refractivity contribution is 7.89. The molecule has 0 N–H and O–H groups in total. The van der Waals surface area contributed by atoms with Gasteiger partial charge in [0, 0.05) is 43.2 Å². The van der Waals surface area contributed by atoms with Gasteiger partial charge in [0.2, 0.25) is 10.0 Å². The fourth-order valence-corrected chi connectivity index (χ4v) is 6.08. The number of anilines is 1. The second kappa shape index (κ2) is 8.86. The van der Waals surface area contributed by atoms with E-state index < -0.39 is 10.0 Å². The summed E-state index contributed by atoms with van der Waals surface area (Å²) in [4.78, 5) is 7.10. The summed E-state index contributed by atoms with van der Waals surface area (Å²) in [5.74, 6) is 0.832. The summed E-state index contributed by atoms with van der Waals surface area (Å²) in [6.07, 6.45) is 0. The first-order valence-corrected chi connectivity index (χ1v) is 12.2. The molecule has 0 aliphatic carbocycles. The Balaban J connectivity index is 1.48. The van der Waals surface area contributed by atoms with Crippen molar-refractivity contribution in [2.24, 2.45) is 0 Å².